The summed E-state index contributed by atoms with van der Waals surface area (Å²) in [6.07, 6.45) is 6.69. The molecule has 0 spiro atoms. The minimum Gasteiger partial charge on any atom is -0.314 e. The first-order valence-electron chi connectivity index (χ1n) is 7.89. The van der Waals surface area contributed by atoms with Gasteiger partial charge in [-0.2, -0.15) is 0 Å². The van der Waals surface area contributed by atoms with Crippen molar-refractivity contribution in [3.05, 3.63) is 35.4 Å². The van der Waals surface area contributed by atoms with Gasteiger partial charge >= 0.3 is 0 Å². The largest absolute Gasteiger partial charge is 0.314 e. The number of rotatable bonds is 9. The van der Waals surface area contributed by atoms with E-state index >= 15 is 0 Å². The SMILES string of the molecule is Cc1ccccc1CC(CCCS(C)(=O)=O)CNC1CC1. The fraction of sp³-hybridized carbons (Fsp3) is 0.647. The van der Waals surface area contributed by atoms with E-state index in [1.807, 2.05) is 0 Å². The second kappa shape index (κ2) is 7.41. The maximum Gasteiger partial charge on any atom is 0.147 e. The summed E-state index contributed by atoms with van der Waals surface area (Å²) in [5.41, 5.74) is 2.72. The molecular weight excluding hydrogens is 282 g/mol. The first kappa shape index (κ1) is 16.5. The van der Waals surface area contributed by atoms with Gasteiger partial charge in [0.1, 0.15) is 9.84 Å². The molecule has 1 saturated carbocycles. The van der Waals surface area contributed by atoms with Crippen LogP contribution in [0.3, 0.4) is 0 Å². The smallest absolute Gasteiger partial charge is 0.147 e. The second-order valence-electron chi connectivity index (χ2n) is 6.45. The van der Waals surface area contributed by atoms with E-state index in [9.17, 15) is 8.42 Å². The van der Waals surface area contributed by atoms with E-state index in [-0.39, 0.29) is 0 Å². The fourth-order valence-electron chi connectivity index (χ4n) is 2.68. The number of nitrogens with one attached hydrogen (secondary N) is 1. The summed E-state index contributed by atoms with van der Waals surface area (Å²) in [5, 5.41) is 3.59. The van der Waals surface area contributed by atoms with Crippen molar-refractivity contribution in [1.82, 2.24) is 5.32 Å². The van der Waals surface area contributed by atoms with E-state index < -0.39 is 9.84 Å². The minimum atomic E-state index is -2.84. The molecule has 0 saturated heterocycles. The zero-order chi connectivity index (χ0) is 15.3. The third-order valence-electron chi connectivity index (χ3n) is 4.17. The lowest BCUT2D eigenvalue weighted by atomic mass is 9.92. The van der Waals surface area contributed by atoms with Gasteiger partial charge in [-0.05, 0) is 62.6 Å². The molecule has 1 unspecified atom stereocenters. The van der Waals surface area contributed by atoms with Crippen LogP contribution in [-0.2, 0) is 16.3 Å². The molecule has 118 valence electrons. The average molecular weight is 309 g/mol. The molecule has 0 aromatic heterocycles. The van der Waals surface area contributed by atoms with Gasteiger partial charge in [-0.15, -0.1) is 0 Å². The van der Waals surface area contributed by atoms with Crippen molar-refractivity contribution >= 4 is 9.84 Å². The molecule has 4 heteroatoms. The van der Waals surface area contributed by atoms with Crippen LogP contribution in [0.5, 0.6) is 0 Å². The van der Waals surface area contributed by atoms with Gasteiger partial charge in [-0.1, -0.05) is 24.3 Å². The molecule has 1 aliphatic rings. The van der Waals surface area contributed by atoms with Gasteiger partial charge in [-0.3, -0.25) is 0 Å². The Morgan fingerprint density at radius 2 is 2.00 bits per heavy atom. The van der Waals surface area contributed by atoms with Crippen molar-refractivity contribution in [1.29, 1.82) is 0 Å². The highest BCUT2D eigenvalue weighted by Gasteiger charge is 2.22. The van der Waals surface area contributed by atoms with Crippen molar-refractivity contribution in [2.24, 2.45) is 5.92 Å². The Balaban J connectivity index is 1.89. The maximum atomic E-state index is 11.3. The van der Waals surface area contributed by atoms with Gasteiger partial charge in [0.2, 0.25) is 0 Å². The lowest BCUT2D eigenvalue weighted by Crippen LogP contribution is -2.26. The predicted molar refractivity (Wildman–Crippen MR) is 88.3 cm³/mol. The molecule has 1 aromatic rings. The summed E-state index contributed by atoms with van der Waals surface area (Å²) >= 11 is 0. The highest BCUT2D eigenvalue weighted by molar-refractivity contribution is 7.90. The lowest BCUT2D eigenvalue weighted by molar-refractivity contribution is 0.436. The predicted octanol–water partition coefficient (Wildman–Crippen LogP) is 2.73. The van der Waals surface area contributed by atoms with E-state index in [0.717, 1.165) is 25.8 Å². The third-order valence-corrected chi connectivity index (χ3v) is 5.20. The van der Waals surface area contributed by atoms with Crippen LogP contribution in [0.2, 0.25) is 0 Å². The van der Waals surface area contributed by atoms with Crippen molar-refractivity contribution in [2.75, 3.05) is 18.6 Å². The summed E-state index contributed by atoms with van der Waals surface area (Å²) in [5.74, 6) is 0.828. The Kier molecular flexibility index (Phi) is 5.82. The normalized spacial score (nSPS) is 16.9. The van der Waals surface area contributed by atoms with Crippen molar-refractivity contribution in [3.8, 4) is 0 Å². The zero-order valence-corrected chi connectivity index (χ0v) is 14.0. The molecule has 0 aliphatic heterocycles. The molecule has 0 amide bonds. The highest BCUT2D eigenvalue weighted by Crippen LogP contribution is 2.21. The maximum absolute atomic E-state index is 11.3. The van der Waals surface area contributed by atoms with Crippen LogP contribution in [0.1, 0.15) is 36.8 Å². The van der Waals surface area contributed by atoms with Crippen LogP contribution in [0.4, 0.5) is 0 Å². The molecule has 21 heavy (non-hydrogen) atoms. The van der Waals surface area contributed by atoms with E-state index in [0.29, 0.717) is 17.7 Å². The molecular formula is C17H27NO2S. The molecule has 1 aromatic carbocycles. The van der Waals surface area contributed by atoms with Crippen molar-refractivity contribution in [3.63, 3.8) is 0 Å². The van der Waals surface area contributed by atoms with Crippen molar-refractivity contribution < 1.29 is 8.42 Å². The van der Waals surface area contributed by atoms with Crippen LogP contribution in [-0.4, -0.2) is 33.0 Å². The lowest BCUT2D eigenvalue weighted by Gasteiger charge is -2.19. The molecule has 3 nitrogen and oxygen atoms in total. The van der Waals surface area contributed by atoms with E-state index in [4.69, 9.17) is 0 Å². The Hall–Kier alpha value is -0.870. The van der Waals surface area contributed by atoms with E-state index in [1.54, 1.807) is 0 Å². The summed E-state index contributed by atoms with van der Waals surface area (Å²) in [7, 11) is -2.84. The third kappa shape index (κ3) is 6.62. The van der Waals surface area contributed by atoms with Crippen LogP contribution >= 0.6 is 0 Å². The number of hydrogen-bond acceptors (Lipinski definition) is 3. The molecule has 0 heterocycles. The molecule has 0 bridgehead atoms. The van der Waals surface area contributed by atoms with E-state index in [2.05, 4.69) is 36.5 Å². The first-order valence-corrected chi connectivity index (χ1v) is 9.96. The Bertz CT molecular complexity index is 550. The molecule has 1 N–H and O–H groups in total. The minimum absolute atomic E-state index is 0.306. The van der Waals surface area contributed by atoms with Gasteiger partial charge in [0.25, 0.3) is 0 Å². The van der Waals surface area contributed by atoms with Gasteiger partial charge in [0, 0.05) is 18.1 Å². The molecule has 0 radical (unpaired) electrons. The number of hydrogen-bond donors (Lipinski definition) is 1. The number of sulfone groups is 1. The first-order chi connectivity index (χ1) is 9.94. The Morgan fingerprint density at radius 1 is 1.29 bits per heavy atom. The molecule has 2 rings (SSSR count). The van der Waals surface area contributed by atoms with Crippen molar-refractivity contribution in [2.45, 2.75) is 45.1 Å². The van der Waals surface area contributed by atoms with Gasteiger partial charge < -0.3 is 5.32 Å². The molecule has 1 aliphatic carbocycles. The quantitative estimate of drug-likeness (QED) is 0.763. The average Bonchev–Trinajstić information content (AvgIpc) is 3.21. The van der Waals surface area contributed by atoms with Gasteiger partial charge in [0.05, 0.1) is 0 Å². The molecule has 1 atom stereocenters. The second-order valence-corrected chi connectivity index (χ2v) is 8.71. The summed E-state index contributed by atoms with van der Waals surface area (Å²) in [6, 6.07) is 9.21. The van der Waals surface area contributed by atoms with Gasteiger partial charge in [0.15, 0.2) is 0 Å². The van der Waals surface area contributed by atoms with Gasteiger partial charge in [-0.25, -0.2) is 8.42 Å². The summed E-state index contributed by atoms with van der Waals surface area (Å²) in [4.78, 5) is 0. The Labute approximate surface area is 129 Å². The van der Waals surface area contributed by atoms with Crippen LogP contribution in [0, 0.1) is 12.8 Å². The highest BCUT2D eigenvalue weighted by atomic mass is 32.2. The van der Waals surface area contributed by atoms with Crippen LogP contribution in [0.15, 0.2) is 24.3 Å². The zero-order valence-electron chi connectivity index (χ0n) is 13.1. The monoisotopic (exact) mass is 309 g/mol. The number of benzene rings is 1. The van der Waals surface area contributed by atoms with Crippen LogP contribution in [0.25, 0.3) is 0 Å². The standard InChI is InChI=1S/C17H27NO2S/c1-14-6-3-4-8-16(14)12-15(13-18-17-9-10-17)7-5-11-21(2,19)20/h3-4,6,8,15,17-18H,5,7,9-13H2,1-2H3. The molecule has 1 fully saturated rings. The number of aryl methyl sites for hydroxylation is 1. The van der Waals surface area contributed by atoms with Crippen LogP contribution < -0.4 is 5.32 Å². The summed E-state index contributed by atoms with van der Waals surface area (Å²) < 4.78 is 22.6. The topological polar surface area (TPSA) is 46.2 Å². The summed E-state index contributed by atoms with van der Waals surface area (Å²) in [6.45, 7) is 3.15. The Morgan fingerprint density at radius 3 is 2.62 bits per heavy atom. The fourth-order valence-corrected chi connectivity index (χ4v) is 3.37. The van der Waals surface area contributed by atoms with E-state index in [1.165, 1.54) is 30.2 Å².